The molecular formula is C45H29N5S. The molecule has 240 valence electrons. The molecule has 1 aliphatic rings. The standard InChI is InChI=1S/C45H29N5S/c1-4-14-30(15-5-1)43-46-44(31-16-6-2-7-17-31)48-45(47-43)50-37-21-11-10-20-35(37)36-28-32(24-26-38(36)50)33-25-27-40-42(29-33)51-41-23-13-12-22-39(41)49(40)34-18-8-3-9-19-34/h1-29H. The maximum absolute atomic E-state index is 5.08. The van der Waals surface area contributed by atoms with Crippen LogP contribution in [-0.4, -0.2) is 19.5 Å². The molecule has 7 aromatic carbocycles. The Morgan fingerprint density at radius 2 is 0.961 bits per heavy atom. The van der Waals surface area contributed by atoms with E-state index in [4.69, 9.17) is 15.0 Å². The third-order valence-electron chi connectivity index (χ3n) is 9.43. The van der Waals surface area contributed by atoms with Crippen LogP contribution in [0.15, 0.2) is 186 Å². The van der Waals surface area contributed by atoms with E-state index in [-0.39, 0.29) is 0 Å². The summed E-state index contributed by atoms with van der Waals surface area (Å²) in [6.07, 6.45) is 0. The molecule has 9 aromatic rings. The third kappa shape index (κ3) is 5.07. The van der Waals surface area contributed by atoms with Gasteiger partial charge in [0.1, 0.15) is 0 Å². The minimum atomic E-state index is 0.589. The molecule has 0 saturated carbocycles. The lowest BCUT2D eigenvalue weighted by Crippen LogP contribution is -2.14. The quantitative estimate of drug-likeness (QED) is 0.182. The van der Waals surface area contributed by atoms with Gasteiger partial charge in [0.15, 0.2) is 11.6 Å². The van der Waals surface area contributed by atoms with Crippen LogP contribution in [0.3, 0.4) is 0 Å². The maximum Gasteiger partial charge on any atom is 0.238 e. The van der Waals surface area contributed by atoms with E-state index in [0.717, 1.165) is 44.2 Å². The predicted molar refractivity (Wildman–Crippen MR) is 209 cm³/mol. The van der Waals surface area contributed by atoms with E-state index in [2.05, 4.69) is 125 Å². The van der Waals surface area contributed by atoms with Crippen LogP contribution in [0, 0.1) is 0 Å². The summed E-state index contributed by atoms with van der Waals surface area (Å²) in [5.41, 5.74) is 9.84. The Morgan fingerprint density at radius 3 is 1.71 bits per heavy atom. The molecule has 0 radical (unpaired) electrons. The molecule has 0 N–H and O–H groups in total. The Balaban J connectivity index is 1.13. The first-order valence-electron chi connectivity index (χ1n) is 17.0. The number of nitrogens with zero attached hydrogens (tertiary/aromatic N) is 5. The number of fused-ring (bicyclic) bond motifs is 5. The molecule has 0 bridgehead atoms. The lowest BCUT2D eigenvalue weighted by atomic mass is 10.0. The van der Waals surface area contributed by atoms with Gasteiger partial charge in [-0.1, -0.05) is 133 Å². The van der Waals surface area contributed by atoms with E-state index in [1.54, 1.807) is 0 Å². The number of anilines is 3. The van der Waals surface area contributed by atoms with Crippen molar-refractivity contribution in [2.24, 2.45) is 0 Å². The number of hydrogen-bond acceptors (Lipinski definition) is 5. The van der Waals surface area contributed by atoms with Gasteiger partial charge in [-0.15, -0.1) is 0 Å². The van der Waals surface area contributed by atoms with Crippen molar-refractivity contribution < 1.29 is 0 Å². The summed E-state index contributed by atoms with van der Waals surface area (Å²) in [5, 5.41) is 2.29. The average Bonchev–Trinajstić information content (AvgIpc) is 3.54. The second-order valence-electron chi connectivity index (χ2n) is 12.5. The van der Waals surface area contributed by atoms with E-state index in [9.17, 15) is 0 Å². The monoisotopic (exact) mass is 671 g/mol. The highest BCUT2D eigenvalue weighted by atomic mass is 32.2. The van der Waals surface area contributed by atoms with Gasteiger partial charge in [-0.3, -0.25) is 4.57 Å². The molecule has 6 heteroatoms. The molecule has 3 heterocycles. The number of aromatic nitrogens is 4. The van der Waals surface area contributed by atoms with Gasteiger partial charge in [-0.25, -0.2) is 4.98 Å². The fourth-order valence-electron chi connectivity index (χ4n) is 7.06. The van der Waals surface area contributed by atoms with Crippen LogP contribution < -0.4 is 4.90 Å². The molecular weight excluding hydrogens is 643 g/mol. The Kier molecular flexibility index (Phi) is 6.99. The van der Waals surface area contributed by atoms with Crippen LogP contribution in [0.1, 0.15) is 0 Å². The Labute approximate surface area is 299 Å². The van der Waals surface area contributed by atoms with E-state index in [1.165, 1.54) is 26.7 Å². The predicted octanol–water partition coefficient (Wildman–Crippen LogP) is 11.9. The van der Waals surface area contributed by atoms with Crippen LogP contribution in [0.5, 0.6) is 0 Å². The third-order valence-corrected chi connectivity index (χ3v) is 10.5. The molecule has 0 fully saturated rings. The van der Waals surface area contributed by atoms with Crippen molar-refractivity contribution in [3.63, 3.8) is 0 Å². The molecule has 0 spiro atoms. The number of benzene rings is 7. The van der Waals surface area contributed by atoms with Crippen LogP contribution in [0.25, 0.3) is 61.7 Å². The first-order chi connectivity index (χ1) is 25.3. The van der Waals surface area contributed by atoms with Crippen molar-refractivity contribution in [2.75, 3.05) is 4.90 Å². The van der Waals surface area contributed by atoms with Crippen LogP contribution in [-0.2, 0) is 0 Å². The molecule has 1 aliphatic heterocycles. The molecule has 0 unspecified atom stereocenters. The highest BCUT2D eigenvalue weighted by molar-refractivity contribution is 7.99. The van der Waals surface area contributed by atoms with E-state index >= 15 is 0 Å². The maximum atomic E-state index is 5.08. The van der Waals surface area contributed by atoms with Crippen molar-refractivity contribution in [1.29, 1.82) is 0 Å². The molecule has 0 atom stereocenters. The van der Waals surface area contributed by atoms with E-state index < -0.39 is 0 Å². The highest BCUT2D eigenvalue weighted by Gasteiger charge is 2.25. The first-order valence-corrected chi connectivity index (χ1v) is 17.8. The van der Waals surface area contributed by atoms with Gasteiger partial charge in [0.25, 0.3) is 0 Å². The smallest absolute Gasteiger partial charge is 0.238 e. The fraction of sp³-hybridized carbons (Fsp3) is 0. The highest BCUT2D eigenvalue weighted by Crippen LogP contribution is 2.52. The number of para-hydroxylation sites is 3. The van der Waals surface area contributed by atoms with Crippen molar-refractivity contribution in [1.82, 2.24) is 19.5 Å². The van der Waals surface area contributed by atoms with Crippen molar-refractivity contribution in [3.8, 4) is 39.9 Å². The fourth-order valence-corrected chi connectivity index (χ4v) is 8.15. The van der Waals surface area contributed by atoms with Crippen LogP contribution >= 0.6 is 11.8 Å². The van der Waals surface area contributed by atoms with E-state index in [1.807, 2.05) is 72.4 Å². The van der Waals surface area contributed by atoms with Gasteiger partial charge in [0.2, 0.25) is 5.95 Å². The summed E-state index contributed by atoms with van der Waals surface area (Å²) in [4.78, 5) is 19.9. The zero-order valence-electron chi connectivity index (χ0n) is 27.4. The summed E-state index contributed by atoms with van der Waals surface area (Å²) in [7, 11) is 0. The van der Waals surface area contributed by atoms with Crippen molar-refractivity contribution >= 4 is 50.6 Å². The van der Waals surface area contributed by atoms with E-state index in [0.29, 0.717) is 17.6 Å². The average molecular weight is 672 g/mol. The van der Waals surface area contributed by atoms with Gasteiger partial charge in [-0.2, -0.15) is 9.97 Å². The van der Waals surface area contributed by atoms with Crippen LogP contribution in [0.2, 0.25) is 0 Å². The largest absolute Gasteiger partial charge is 0.308 e. The first kappa shape index (κ1) is 29.4. The minimum Gasteiger partial charge on any atom is -0.308 e. The summed E-state index contributed by atoms with van der Waals surface area (Å²) in [5.74, 6) is 1.87. The molecule has 5 nitrogen and oxygen atoms in total. The molecule has 0 amide bonds. The number of rotatable bonds is 5. The molecule has 51 heavy (non-hydrogen) atoms. The van der Waals surface area contributed by atoms with Gasteiger partial charge < -0.3 is 4.90 Å². The Bertz CT molecular complexity index is 2670. The summed E-state index contributed by atoms with van der Waals surface area (Å²) in [6.45, 7) is 0. The van der Waals surface area contributed by atoms with Gasteiger partial charge in [-0.05, 0) is 65.7 Å². The lowest BCUT2D eigenvalue weighted by molar-refractivity contribution is 0.953. The minimum absolute atomic E-state index is 0.589. The number of hydrogen-bond donors (Lipinski definition) is 0. The van der Waals surface area contributed by atoms with Crippen molar-refractivity contribution in [2.45, 2.75) is 9.79 Å². The second-order valence-corrected chi connectivity index (χ2v) is 13.6. The molecule has 0 aliphatic carbocycles. The van der Waals surface area contributed by atoms with Crippen molar-refractivity contribution in [3.05, 3.63) is 176 Å². The summed E-state index contributed by atoms with van der Waals surface area (Å²) in [6, 6.07) is 61.6. The second kappa shape index (κ2) is 12.1. The summed E-state index contributed by atoms with van der Waals surface area (Å²) < 4.78 is 2.17. The topological polar surface area (TPSA) is 46.8 Å². The van der Waals surface area contributed by atoms with Gasteiger partial charge in [0.05, 0.1) is 22.4 Å². The Morgan fingerprint density at radius 1 is 0.392 bits per heavy atom. The lowest BCUT2D eigenvalue weighted by Gasteiger charge is -2.33. The normalized spacial score (nSPS) is 12.2. The van der Waals surface area contributed by atoms with Crippen LogP contribution in [0.4, 0.5) is 17.1 Å². The zero-order chi connectivity index (χ0) is 33.7. The molecule has 2 aromatic heterocycles. The van der Waals surface area contributed by atoms with Gasteiger partial charge in [0, 0.05) is 37.4 Å². The zero-order valence-corrected chi connectivity index (χ0v) is 28.2. The SMILES string of the molecule is c1ccc(-c2nc(-c3ccccc3)nc(-n3c4ccccc4c4cc(-c5ccc6c(c5)Sc5ccccc5N6c5ccccc5)ccc43)n2)cc1. The van der Waals surface area contributed by atoms with Gasteiger partial charge >= 0.3 is 0 Å². The molecule has 0 saturated heterocycles. The Hall–Kier alpha value is -6.50. The summed E-state index contributed by atoms with van der Waals surface area (Å²) >= 11 is 1.83. The molecule has 10 rings (SSSR count).